The second kappa shape index (κ2) is 6.49. The van der Waals surface area contributed by atoms with E-state index in [1.165, 1.54) is 25.1 Å². The van der Waals surface area contributed by atoms with Crippen molar-refractivity contribution in [2.24, 2.45) is 5.73 Å². The largest absolute Gasteiger partial charge is 0.324 e. The summed E-state index contributed by atoms with van der Waals surface area (Å²) < 4.78 is 26.5. The lowest BCUT2D eigenvalue weighted by Crippen LogP contribution is -2.45. The van der Waals surface area contributed by atoms with E-state index in [-0.39, 0.29) is 35.1 Å². The van der Waals surface area contributed by atoms with Gasteiger partial charge in [-0.3, -0.25) is 10.1 Å². The number of benzene rings is 1. The van der Waals surface area contributed by atoms with Gasteiger partial charge >= 0.3 is 0 Å². The zero-order valence-corrected chi connectivity index (χ0v) is 13.0. The summed E-state index contributed by atoms with van der Waals surface area (Å²) in [5.41, 5.74) is 4.87. The quantitative estimate of drug-likeness (QED) is 0.626. The van der Waals surface area contributed by atoms with Gasteiger partial charge in [-0.15, -0.1) is 12.4 Å². The highest BCUT2D eigenvalue weighted by atomic mass is 35.5. The maximum absolute atomic E-state index is 12.1. The van der Waals surface area contributed by atoms with E-state index in [0.29, 0.717) is 0 Å². The smallest absolute Gasteiger partial charge is 0.273 e. The minimum Gasteiger partial charge on any atom is -0.324 e. The molecule has 0 spiro atoms. The van der Waals surface area contributed by atoms with Crippen molar-refractivity contribution in [3.8, 4) is 0 Å². The van der Waals surface area contributed by atoms with Gasteiger partial charge in [-0.2, -0.15) is 0 Å². The summed E-state index contributed by atoms with van der Waals surface area (Å²) in [6.07, 6.45) is 0. The fourth-order valence-electron chi connectivity index (χ4n) is 1.45. The van der Waals surface area contributed by atoms with Gasteiger partial charge in [0.15, 0.2) is 0 Å². The Bertz CT molecular complexity index is 596. The normalized spacial score (nSPS) is 11.8. The molecule has 0 aliphatic carbocycles. The van der Waals surface area contributed by atoms with Crippen LogP contribution in [0.15, 0.2) is 23.1 Å². The van der Waals surface area contributed by atoms with Crippen molar-refractivity contribution < 1.29 is 13.3 Å². The number of sulfonamides is 1. The van der Waals surface area contributed by atoms with Crippen LogP contribution in [0, 0.1) is 17.0 Å². The van der Waals surface area contributed by atoms with Gasteiger partial charge in [0.05, 0.1) is 9.82 Å². The molecule has 0 aliphatic heterocycles. The highest BCUT2D eigenvalue weighted by Gasteiger charge is 2.24. The lowest BCUT2D eigenvalue weighted by molar-refractivity contribution is -0.385. The molecule has 3 N–H and O–H groups in total. The second-order valence-electron chi connectivity index (χ2n) is 4.97. The molecule has 20 heavy (non-hydrogen) atoms. The van der Waals surface area contributed by atoms with Gasteiger partial charge in [-0.1, -0.05) is 6.07 Å². The van der Waals surface area contributed by atoms with Crippen molar-refractivity contribution >= 4 is 28.1 Å². The van der Waals surface area contributed by atoms with Crippen LogP contribution in [0.1, 0.15) is 19.4 Å². The molecule has 114 valence electrons. The van der Waals surface area contributed by atoms with Gasteiger partial charge < -0.3 is 5.73 Å². The second-order valence-corrected chi connectivity index (χ2v) is 6.71. The van der Waals surface area contributed by atoms with Gasteiger partial charge in [0, 0.05) is 23.7 Å². The van der Waals surface area contributed by atoms with Crippen molar-refractivity contribution in [2.75, 3.05) is 6.54 Å². The third-order valence-corrected chi connectivity index (χ3v) is 4.01. The summed E-state index contributed by atoms with van der Waals surface area (Å²) in [4.78, 5) is 10.1. The third-order valence-electron chi connectivity index (χ3n) is 2.46. The Morgan fingerprint density at radius 3 is 2.40 bits per heavy atom. The van der Waals surface area contributed by atoms with Gasteiger partial charge in [-0.25, -0.2) is 13.1 Å². The minimum atomic E-state index is -3.81. The molecule has 0 saturated carbocycles. The first-order valence-corrected chi connectivity index (χ1v) is 7.05. The predicted octanol–water partition coefficient (Wildman–Crippen LogP) is 1.34. The summed E-state index contributed by atoms with van der Waals surface area (Å²) in [6.45, 7) is 4.80. The molecule has 1 aromatic carbocycles. The Kier molecular flexibility index (Phi) is 6.09. The van der Waals surface area contributed by atoms with Crippen molar-refractivity contribution in [3.05, 3.63) is 33.9 Å². The summed E-state index contributed by atoms with van der Waals surface area (Å²) in [7, 11) is -3.81. The molecule has 0 aliphatic rings. The number of hydrogen-bond acceptors (Lipinski definition) is 5. The molecular weight excluding hydrogens is 306 g/mol. The molecule has 1 aromatic rings. The van der Waals surface area contributed by atoms with Crippen molar-refractivity contribution in [3.63, 3.8) is 0 Å². The van der Waals surface area contributed by atoms with Gasteiger partial charge in [0.2, 0.25) is 10.0 Å². The number of halogens is 1. The number of rotatable bonds is 5. The molecule has 0 fully saturated rings. The fourth-order valence-corrected chi connectivity index (χ4v) is 2.93. The van der Waals surface area contributed by atoms with E-state index >= 15 is 0 Å². The molecule has 0 amide bonds. The van der Waals surface area contributed by atoms with Crippen molar-refractivity contribution in [1.82, 2.24) is 4.72 Å². The van der Waals surface area contributed by atoms with E-state index in [2.05, 4.69) is 4.72 Å². The molecule has 0 unspecified atom stereocenters. The van der Waals surface area contributed by atoms with Gasteiger partial charge in [-0.05, 0) is 26.8 Å². The van der Waals surface area contributed by atoms with Crippen molar-refractivity contribution in [2.45, 2.75) is 31.2 Å². The first-order valence-electron chi connectivity index (χ1n) is 5.57. The molecule has 0 radical (unpaired) electrons. The molecule has 0 aromatic heterocycles. The van der Waals surface area contributed by atoms with Crippen LogP contribution in [-0.4, -0.2) is 25.4 Å². The summed E-state index contributed by atoms with van der Waals surface area (Å²) in [5.74, 6) is 0. The summed E-state index contributed by atoms with van der Waals surface area (Å²) in [6, 6.07) is 3.93. The molecule has 1 rings (SSSR count). The Labute approximate surface area is 124 Å². The lowest BCUT2D eigenvalue weighted by Gasteiger charge is -2.19. The summed E-state index contributed by atoms with van der Waals surface area (Å²) >= 11 is 0. The number of nitro groups is 1. The van der Waals surface area contributed by atoms with E-state index < -0.39 is 20.5 Å². The van der Waals surface area contributed by atoms with Crippen LogP contribution in [0.3, 0.4) is 0 Å². The highest BCUT2D eigenvalue weighted by Crippen LogP contribution is 2.24. The highest BCUT2D eigenvalue weighted by molar-refractivity contribution is 7.89. The monoisotopic (exact) mass is 323 g/mol. The van der Waals surface area contributed by atoms with Crippen LogP contribution in [0.4, 0.5) is 5.69 Å². The van der Waals surface area contributed by atoms with E-state index in [9.17, 15) is 18.5 Å². The number of nitro benzene ring substituents is 1. The molecule has 0 atom stereocenters. The Morgan fingerprint density at radius 1 is 1.40 bits per heavy atom. The van der Waals surface area contributed by atoms with Gasteiger partial charge in [0.1, 0.15) is 0 Å². The minimum absolute atomic E-state index is 0. The topological polar surface area (TPSA) is 115 Å². The standard InChI is InChI=1S/C11H17N3O4S.ClH/c1-8-9(14(15)16)5-4-6-10(8)19(17,18)13-7-11(2,3)12;/h4-6,13H,7,12H2,1-3H3;1H. The maximum Gasteiger partial charge on any atom is 0.273 e. The first-order chi connectivity index (χ1) is 8.54. The Hall–Kier alpha value is -1.22. The molecule has 0 saturated heterocycles. The SMILES string of the molecule is Cc1c([N+](=O)[O-])cccc1S(=O)(=O)NCC(C)(C)N.Cl. The predicted molar refractivity (Wildman–Crippen MR) is 78.5 cm³/mol. The average Bonchev–Trinajstić information content (AvgIpc) is 2.25. The van der Waals surface area contributed by atoms with E-state index in [4.69, 9.17) is 5.73 Å². The van der Waals surface area contributed by atoms with Crippen LogP contribution in [0.25, 0.3) is 0 Å². The van der Waals surface area contributed by atoms with Gasteiger partial charge in [0.25, 0.3) is 5.69 Å². The van der Waals surface area contributed by atoms with Crippen molar-refractivity contribution in [1.29, 1.82) is 0 Å². The third kappa shape index (κ3) is 4.71. The van der Waals surface area contributed by atoms with Crippen LogP contribution >= 0.6 is 12.4 Å². The van der Waals surface area contributed by atoms with Crippen LogP contribution in [-0.2, 0) is 10.0 Å². The maximum atomic E-state index is 12.1. The number of hydrogen-bond donors (Lipinski definition) is 2. The molecule has 9 heteroatoms. The van der Waals surface area contributed by atoms with Crippen LogP contribution in [0.5, 0.6) is 0 Å². The number of nitrogens with one attached hydrogen (secondary N) is 1. The molecule has 7 nitrogen and oxygen atoms in total. The van der Waals surface area contributed by atoms with E-state index in [1.807, 2.05) is 0 Å². The molecular formula is C11H18ClN3O4S. The first kappa shape index (κ1) is 18.8. The Morgan fingerprint density at radius 2 is 1.95 bits per heavy atom. The molecule has 0 bridgehead atoms. The Balaban J connectivity index is 0.00000361. The summed E-state index contributed by atoms with van der Waals surface area (Å²) in [5, 5.41) is 10.8. The average molecular weight is 324 g/mol. The van der Waals surface area contributed by atoms with Crippen LogP contribution < -0.4 is 10.5 Å². The van der Waals surface area contributed by atoms with E-state index in [1.54, 1.807) is 13.8 Å². The molecule has 0 heterocycles. The fraction of sp³-hybridized carbons (Fsp3) is 0.455. The van der Waals surface area contributed by atoms with E-state index in [0.717, 1.165) is 0 Å². The number of nitrogens with zero attached hydrogens (tertiary/aromatic N) is 1. The number of nitrogens with two attached hydrogens (primary N) is 1. The van der Waals surface area contributed by atoms with Crippen LogP contribution in [0.2, 0.25) is 0 Å². The lowest BCUT2D eigenvalue weighted by atomic mass is 10.1. The zero-order valence-electron chi connectivity index (χ0n) is 11.4. The zero-order chi connectivity index (χ0) is 14.8.